The Kier molecular flexibility index (Phi) is 12.7. The molecule has 1 fully saturated rings. The number of hydrogen-bond acceptors (Lipinski definition) is 4. The van der Waals surface area contributed by atoms with Crippen LogP contribution < -0.4 is 0 Å². The smallest absolute Gasteiger partial charge is 0.0531 e. The predicted molar refractivity (Wildman–Crippen MR) is 77.1 cm³/mol. The van der Waals surface area contributed by atoms with Gasteiger partial charge in [-0.1, -0.05) is 45.4 Å². The maximum absolute atomic E-state index is 9.10. The van der Waals surface area contributed by atoms with Gasteiger partial charge in [-0.25, -0.2) is 0 Å². The van der Waals surface area contributed by atoms with Gasteiger partial charge in [0.25, 0.3) is 0 Å². The first-order chi connectivity index (χ1) is 9.24. The highest BCUT2D eigenvalue weighted by molar-refractivity contribution is 4.76. The summed E-state index contributed by atoms with van der Waals surface area (Å²) in [6.45, 7) is 3.80. The third-order valence-corrected chi connectivity index (χ3v) is 3.64. The second-order valence-corrected chi connectivity index (χ2v) is 5.46. The summed E-state index contributed by atoms with van der Waals surface area (Å²) in [5, 5.41) is 27.3. The number of aliphatic hydroxyl groups excluding tert-OH is 3. The molecule has 0 unspecified atom stereocenters. The molecule has 0 aromatic heterocycles. The molecule has 0 amide bonds. The molecule has 1 rings (SSSR count). The molecule has 4 nitrogen and oxygen atoms in total. The van der Waals surface area contributed by atoms with Crippen LogP contribution in [-0.2, 0) is 4.74 Å². The zero-order valence-corrected chi connectivity index (χ0v) is 12.4. The molecular formula is C15H32O4. The number of rotatable bonds is 10. The molecule has 0 bridgehead atoms. The Balaban J connectivity index is 0.000000678. The van der Waals surface area contributed by atoms with Gasteiger partial charge in [-0.2, -0.15) is 0 Å². The lowest BCUT2D eigenvalue weighted by Gasteiger charge is -2.27. The first-order valence-electron chi connectivity index (χ1n) is 7.65. The van der Waals surface area contributed by atoms with Crippen LogP contribution in [0.5, 0.6) is 0 Å². The van der Waals surface area contributed by atoms with Crippen LogP contribution in [-0.4, -0.2) is 48.4 Å². The van der Waals surface area contributed by atoms with Crippen molar-refractivity contribution in [3.8, 4) is 0 Å². The highest BCUT2D eigenvalue weighted by Crippen LogP contribution is 2.23. The molecule has 4 heteroatoms. The fourth-order valence-corrected chi connectivity index (χ4v) is 1.81. The molecular weight excluding hydrogens is 244 g/mol. The van der Waals surface area contributed by atoms with E-state index in [1.807, 2.05) is 0 Å². The van der Waals surface area contributed by atoms with Crippen molar-refractivity contribution in [2.45, 2.75) is 58.3 Å². The lowest BCUT2D eigenvalue weighted by atomic mass is 9.85. The van der Waals surface area contributed by atoms with E-state index < -0.39 is 5.41 Å². The lowest BCUT2D eigenvalue weighted by Crippen LogP contribution is -2.33. The van der Waals surface area contributed by atoms with E-state index in [0.29, 0.717) is 6.42 Å². The Morgan fingerprint density at radius 3 is 1.63 bits per heavy atom. The van der Waals surface area contributed by atoms with Crippen LogP contribution in [0.4, 0.5) is 0 Å². The molecule has 1 aliphatic rings. The summed E-state index contributed by atoms with van der Waals surface area (Å²) in [5.74, 6) is 0. The van der Waals surface area contributed by atoms with E-state index in [1.165, 1.54) is 32.1 Å². The zero-order valence-electron chi connectivity index (χ0n) is 12.4. The molecule has 116 valence electrons. The maximum Gasteiger partial charge on any atom is 0.0531 e. The molecule has 1 heterocycles. The van der Waals surface area contributed by atoms with Crippen LogP contribution in [0.25, 0.3) is 0 Å². The van der Waals surface area contributed by atoms with Gasteiger partial charge in [-0.05, 0) is 12.8 Å². The predicted octanol–water partition coefficient (Wildman–Crippen LogP) is 2.11. The topological polar surface area (TPSA) is 69.9 Å². The monoisotopic (exact) mass is 276 g/mol. The van der Waals surface area contributed by atoms with Crippen molar-refractivity contribution >= 4 is 0 Å². The Morgan fingerprint density at radius 1 is 0.842 bits per heavy atom. The van der Waals surface area contributed by atoms with E-state index >= 15 is 0 Å². The molecule has 3 N–H and O–H groups in total. The van der Waals surface area contributed by atoms with Crippen molar-refractivity contribution in [2.75, 3.05) is 33.0 Å². The molecule has 19 heavy (non-hydrogen) atoms. The summed E-state index contributed by atoms with van der Waals surface area (Å²) in [6, 6.07) is 0. The van der Waals surface area contributed by atoms with Gasteiger partial charge in [0.2, 0.25) is 0 Å². The normalized spacial score (nSPS) is 14.5. The fourth-order valence-electron chi connectivity index (χ4n) is 1.81. The van der Waals surface area contributed by atoms with Crippen LogP contribution in [0.2, 0.25) is 0 Å². The largest absolute Gasteiger partial charge is 0.396 e. The average molecular weight is 276 g/mol. The molecule has 0 aliphatic carbocycles. The van der Waals surface area contributed by atoms with Crippen molar-refractivity contribution in [3.63, 3.8) is 0 Å². The van der Waals surface area contributed by atoms with Crippen LogP contribution in [0.3, 0.4) is 0 Å². The van der Waals surface area contributed by atoms with Gasteiger partial charge in [-0.3, -0.25) is 0 Å². The van der Waals surface area contributed by atoms with E-state index in [1.54, 1.807) is 0 Å². The number of unbranched alkanes of at least 4 members (excludes halogenated alkanes) is 5. The second kappa shape index (κ2) is 12.9. The van der Waals surface area contributed by atoms with Crippen LogP contribution in [0.1, 0.15) is 58.3 Å². The van der Waals surface area contributed by atoms with Gasteiger partial charge in [-0.15, -0.1) is 0 Å². The number of hydrogen-bond donors (Lipinski definition) is 3. The van der Waals surface area contributed by atoms with E-state index in [2.05, 4.69) is 6.92 Å². The van der Waals surface area contributed by atoms with E-state index in [4.69, 9.17) is 20.1 Å². The summed E-state index contributed by atoms with van der Waals surface area (Å²) in [7, 11) is 0. The van der Waals surface area contributed by atoms with E-state index in [9.17, 15) is 0 Å². The number of ether oxygens (including phenoxy) is 1. The maximum atomic E-state index is 9.10. The highest BCUT2D eigenvalue weighted by atomic mass is 16.5. The molecule has 0 spiro atoms. The minimum atomic E-state index is -0.662. The first-order valence-corrected chi connectivity index (χ1v) is 7.65. The summed E-state index contributed by atoms with van der Waals surface area (Å²) in [6.07, 6.45) is 9.10. The van der Waals surface area contributed by atoms with E-state index in [-0.39, 0.29) is 19.8 Å². The molecule has 1 aliphatic heterocycles. The van der Waals surface area contributed by atoms with E-state index in [0.717, 1.165) is 26.1 Å². The summed E-state index contributed by atoms with van der Waals surface area (Å²) in [5.41, 5.74) is -0.662. The summed E-state index contributed by atoms with van der Waals surface area (Å²) >= 11 is 0. The SMILES string of the molecule is C1COC1.CCCCCCCCC(CO)(CO)CO. The first kappa shape index (κ1) is 18.8. The van der Waals surface area contributed by atoms with Crippen LogP contribution in [0, 0.1) is 5.41 Å². The third-order valence-electron chi connectivity index (χ3n) is 3.64. The van der Waals surface area contributed by atoms with Gasteiger partial charge in [0, 0.05) is 18.6 Å². The molecule has 0 aromatic rings. The minimum Gasteiger partial charge on any atom is -0.396 e. The van der Waals surface area contributed by atoms with Crippen molar-refractivity contribution < 1.29 is 20.1 Å². The van der Waals surface area contributed by atoms with Crippen molar-refractivity contribution in [3.05, 3.63) is 0 Å². The van der Waals surface area contributed by atoms with Crippen LogP contribution in [0.15, 0.2) is 0 Å². The van der Waals surface area contributed by atoms with Crippen molar-refractivity contribution in [2.24, 2.45) is 5.41 Å². The molecule has 0 radical (unpaired) electrons. The minimum absolute atomic E-state index is 0.130. The Bertz CT molecular complexity index is 165. The van der Waals surface area contributed by atoms with Crippen molar-refractivity contribution in [1.29, 1.82) is 0 Å². The Labute approximate surface area is 117 Å². The third kappa shape index (κ3) is 9.38. The second-order valence-electron chi connectivity index (χ2n) is 5.46. The molecule has 1 saturated heterocycles. The molecule has 0 aromatic carbocycles. The van der Waals surface area contributed by atoms with Crippen LogP contribution >= 0.6 is 0 Å². The molecule has 0 atom stereocenters. The van der Waals surface area contributed by atoms with Crippen molar-refractivity contribution in [1.82, 2.24) is 0 Å². The quantitative estimate of drug-likeness (QED) is 0.534. The Morgan fingerprint density at radius 2 is 1.26 bits per heavy atom. The van der Waals surface area contributed by atoms with Gasteiger partial charge in [0.15, 0.2) is 0 Å². The van der Waals surface area contributed by atoms with Gasteiger partial charge < -0.3 is 20.1 Å². The van der Waals surface area contributed by atoms with Gasteiger partial charge >= 0.3 is 0 Å². The number of aliphatic hydroxyl groups is 3. The van der Waals surface area contributed by atoms with Gasteiger partial charge in [0.05, 0.1) is 19.8 Å². The summed E-state index contributed by atoms with van der Waals surface area (Å²) < 4.78 is 4.72. The fraction of sp³-hybridized carbons (Fsp3) is 1.00. The zero-order chi connectivity index (χ0) is 14.4. The lowest BCUT2D eigenvalue weighted by molar-refractivity contribution is -0.00229. The molecule has 0 saturated carbocycles. The van der Waals surface area contributed by atoms with Gasteiger partial charge in [0.1, 0.15) is 0 Å². The Hall–Kier alpha value is -0.160. The standard InChI is InChI=1S/C12H26O3.C3H6O/c1-2-3-4-5-6-7-8-12(9-13,10-14)11-15;1-2-4-3-1/h13-15H,2-11H2,1H3;1-3H2. The average Bonchev–Trinajstić information content (AvgIpc) is 2.37. The highest BCUT2D eigenvalue weighted by Gasteiger charge is 2.26. The summed E-state index contributed by atoms with van der Waals surface area (Å²) in [4.78, 5) is 0.